The molecular formula is C61H39NS2. The molecular weight excluding hydrogens is 811 g/mol. The molecule has 1 nitrogen and oxygen atoms in total. The molecule has 2 aromatic heterocycles. The molecule has 0 saturated heterocycles. The van der Waals surface area contributed by atoms with Gasteiger partial charge in [-0.15, -0.1) is 22.7 Å². The molecule has 0 N–H and O–H groups in total. The highest BCUT2D eigenvalue weighted by Gasteiger charge is 2.47. The molecule has 10 aromatic carbocycles. The van der Waals surface area contributed by atoms with Crippen molar-refractivity contribution in [2.45, 2.75) is 5.41 Å². The molecule has 3 heteroatoms. The van der Waals surface area contributed by atoms with Gasteiger partial charge in [0, 0.05) is 57.3 Å². The summed E-state index contributed by atoms with van der Waals surface area (Å²) in [6.45, 7) is 0. The van der Waals surface area contributed by atoms with E-state index in [2.05, 4.69) is 241 Å². The predicted molar refractivity (Wildman–Crippen MR) is 275 cm³/mol. The first-order valence-electron chi connectivity index (χ1n) is 21.9. The van der Waals surface area contributed by atoms with E-state index in [1.165, 1.54) is 96.0 Å². The molecule has 0 radical (unpaired) electrons. The fourth-order valence-corrected chi connectivity index (χ4v) is 13.1. The van der Waals surface area contributed by atoms with Gasteiger partial charge in [-0.25, -0.2) is 0 Å². The first kappa shape index (κ1) is 37.0. The van der Waals surface area contributed by atoms with Gasteiger partial charge in [-0.2, -0.15) is 0 Å². The Balaban J connectivity index is 1.05. The van der Waals surface area contributed by atoms with E-state index in [1.807, 2.05) is 22.7 Å². The van der Waals surface area contributed by atoms with Crippen LogP contribution in [0.25, 0.3) is 73.7 Å². The molecule has 0 bridgehead atoms. The summed E-state index contributed by atoms with van der Waals surface area (Å²) in [4.78, 5) is 2.50. The lowest BCUT2D eigenvalue weighted by atomic mass is 9.68. The van der Waals surface area contributed by atoms with E-state index in [0.29, 0.717) is 0 Å². The van der Waals surface area contributed by atoms with E-state index in [1.54, 1.807) is 0 Å². The van der Waals surface area contributed by atoms with Gasteiger partial charge in [0.05, 0.1) is 11.1 Å². The van der Waals surface area contributed by atoms with E-state index >= 15 is 0 Å². The van der Waals surface area contributed by atoms with Crippen molar-refractivity contribution >= 4 is 80.1 Å². The number of rotatable bonds is 7. The van der Waals surface area contributed by atoms with E-state index in [0.717, 1.165) is 17.1 Å². The van der Waals surface area contributed by atoms with Crippen LogP contribution in [0, 0.1) is 0 Å². The minimum absolute atomic E-state index is 0.512. The minimum atomic E-state index is -0.512. The Morgan fingerprint density at radius 3 is 1.48 bits per heavy atom. The summed E-state index contributed by atoms with van der Waals surface area (Å²) in [7, 11) is 0. The number of hydrogen-bond donors (Lipinski definition) is 0. The lowest BCUT2D eigenvalue weighted by molar-refractivity contribution is 0.768. The van der Waals surface area contributed by atoms with Crippen molar-refractivity contribution in [3.05, 3.63) is 259 Å². The summed E-state index contributed by atoms with van der Waals surface area (Å²) < 4.78 is 5.27. The van der Waals surface area contributed by atoms with Crippen molar-refractivity contribution in [2.24, 2.45) is 0 Å². The summed E-state index contributed by atoms with van der Waals surface area (Å²) in [6, 6.07) is 87.7. The third-order valence-electron chi connectivity index (χ3n) is 13.4. The molecule has 0 aliphatic heterocycles. The zero-order valence-corrected chi connectivity index (χ0v) is 36.4. The van der Waals surface area contributed by atoms with Crippen molar-refractivity contribution in [3.63, 3.8) is 0 Å². The number of nitrogens with zero attached hydrogens (tertiary/aromatic N) is 1. The van der Waals surface area contributed by atoms with Crippen molar-refractivity contribution in [1.29, 1.82) is 0 Å². The van der Waals surface area contributed by atoms with Crippen LogP contribution in [0.15, 0.2) is 237 Å². The van der Waals surface area contributed by atoms with E-state index < -0.39 is 5.41 Å². The Morgan fingerprint density at radius 2 is 0.828 bits per heavy atom. The SMILES string of the molecule is c1ccc(C2(c3ccccc3)c3ccccc3-c3c(N(c4ccc(-c5cccc6c5sc5ccccc56)cc4)c4cccc(-c5cccc6c5sc5ccccc56)c4)cccc32)cc1. The molecule has 0 spiro atoms. The average molecular weight is 850 g/mol. The van der Waals surface area contributed by atoms with Crippen molar-refractivity contribution in [3.8, 4) is 33.4 Å². The van der Waals surface area contributed by atoms with Crippen LogP contribution in [0.3, 0.4) is 0 Å². The Labute approximate surface area is 380 Å². The first-order valence-corrected chi connectivity index (χ1v) is 23.5. The zero-order chi connectivity index (χ0) is 42.2. The quantitative estimate of drug-likeness (QED) is 0.154. The lowest BCUT2D eigenvalue weighted by Gasteiger charge is -2.34. The summed E-state index contributed by atoms with van der Waals surface area (Å²) >= 11 is 3.77. The number of hydrogen-bond acceptors (Lipinski definition) is 3. The topological polar surface area (TPSA) is 3.24 Å². The molecule has 1 aliphatic rings. The van der Waals surface area contributed by atoms with Gasteiger partial charge in [0.15, 0.2) is 0 Å². The van der Waals surface area contributed by atoms with Gasteiger partial charge < -0.3 is 4.90 Å². The lowest BCUT2D eigenvalue weighted by Crippen LogP contribution is -2.28. The van der Waals surface area contributed by atoms with Crippen molar-refractivity contribution in [1.82, 2.24) is 0 Å². The van der Waals surface area contributed by atoms with Gasteiger partial charge in [0.2, 0.25) is 0 Å². The molecule has 1 aliphatic carbocycles. The van der Waals surface area contributed by atoms with E-state index in [4.69, 9.17) is 0 Å². The van der Waals surface area contributed by atoms with Gasteiger partial charge in [0.1, 0.15) is 0 Å². The van der Waals surface area contributed by atoms with Crippen LogP contribution in [0.5, 0.6) is 0 Å². The highest BCUT2D eigenvalue weighted by atomic mass is 32.1. The molecule has 0 fully saturated rings. The summed E-state index contributed by atoms with van der Waals surface area (Å²) in [6.07, 6.45) is 0. The Kier molecular flexibility index (Phi) is 8.55. The Bertz CT molecular complexity index is 3690. The maximum atomic E-state index is 2.50. The molecule has 0 saturated carbocycles. The van der Waals surface area contributed by atoms with Crippen LogP contribution in [-0.2, 0) is 5.41 Å². The second kappa shape index (κ2) is 14.8. The van der Waals surface area contributed by atoms with Crippen LogP contribution in [0.1, 0.15) is 22.3 Å². The summed E-state index contributed by atoms with van der Waals surface area (Å²) in [5.41, 5.74) is 15.4. The summed E-state index contributed by atoms with van der Waals surface area (Å²) in [5.74, 6) is 0. The van der Waals surface area contributed by atoms with Gasteiger partial charge in [-0.05, 0) is 92.5 Å². The van der Waals surface area contributed by atoms with Gasteiger partial charge in [0.25, 0.3) is 0 Å². The highest BCUT2D eigenvalue weighted by molar-refractivity contribution is 7.26. The molecule has 12 aromatic rings. The zero-order valence-electron chi connectivity index (χ0n) is 34.8. The molecule has 0 amide bonds. The largest absolute Gasteiger partial charge is 0.310 e. The smallest absolute Gasteiger partial charge is 0.0714 e. The van der Waals surface area contributed by atoms with Crippen LogP contribution in [0.4, 0.5) is 17.1 Å². The second-order valence-electron chi connectivity index (χ2n) is 16.7. The van der Waals surface area contributed by atoms with Crippen molar-refractivity contribution in [2.75, 3.05) is 4.90 Å². The fourth-order valence-electron chi connectivity index (χ4n) is 10.6. The number of anilines is 3. The molecule has 2 heterocycles. The van der Waals surface area contributed by atoms with Crippen LogP contribution in [-0.4, -0.2) is 0 Å². The molecule has 13 rings (SSSR count). The van der Waals surface area contributed by atoms with Gasteiger partial charge in [-0.1, -0.05) is 194 Å². The van der Waals surface area contributed by atoms with Crippen LogP contribution < -0.4 is 4.90 Å². The third kappa shape index (κ3) is 5.55. The Morgan fingerprint density at radius 1 is 0.328 bits per heavy atom. The van der Waals surface area contributed by atoms with Gasteiger partial charge >= 0.3 is 0 Å². The molecule has 64 heavy (non-hydrogen) atoms. The first-order chi connectivity index (χ1) is 31.8. The van der Waals surface area contributed by atoms with Gasteiger partial charge in [-0.3, -0.25) is 0 Å². The monoisotopic (exact) mass is 849 g/mol. The Hall–Kier alpha value is -7.56. The number of fused-ring (bicyclic) bond motifs is 9. The van der Waals surface area contributed by atoms with Crippen LogP contribution in [0.2, 0.25) is 0 Å². The molecule has 0 atom stereocenters. The summed E-state index contributed by atoms with van der Waals surface area (Å²) in [5, 5.41) is 5.25. The number of benzene rings is 10. The average Bonchev–Trinajstić information content (AvgIpc) is 4.04. The molecule has 300 valence electrons. The maximum absolute atomic E-state index is 2.50. The third-order valence-corrected chi connectivity index (χ3v) is 15.8. The predicted octanol–water partition coefficient (Wildman–Crippen LogP) is 17.6. The fraction of sp³-hybridized carbons (Fsp3) is 0.0164. The van der Waals surface area contributed by atoms with E-state index in [-0.39, 0.29) is 0 Å². The van der Waals surface area contributed by atoms with Crippen LogP contribution >= 0.6 is 22.7 Å². The normalized spacial score (nSPS) is 12.8. The van der Waals surface area contributed by atoms with E-state index in [9.17, 15) is 0 Å². The maximum Gasteiger partial charge on any atom is 0.0714 e. The minimum Gasteiger partial charge on any atom is -0.310 e. The molecule has 0 unspecified atom stereocenters. The highest BCUT2D eigenvalue weighted by Crippen LogP contribution is 2.59. The number of thiophene rings is 2. The van der Waals surface area contributed by atoms with Crippen molar-refractivity contribution < 1.29 is 0 Å². The standard InChI is InChI=1S/C61H39NS2/c1-3-18-42(19-4-1)61(43-20-5-2-6-21-43)53-30-10-7-25-52(53)58-54(61)31-16-32-55(58)62(44-37-35-40(36-38-44)46-26-14-28-50-48-23-8-11-33-56(48)63-59(46)50)45-22-13-17-41(39-45)47-27-15-29-51-49-24-9-12-34-57(49)64-60(47)51/h1-39H. The second-order valence-corrected chi connectivity index (χ2v) is 18.8.